The number of thioether (sulfide) groups is 1. The van der Waals surface area contributed by atoms with E-state index in [2.05, 4.69) is 44.5 Å². The third kappa shape index (κ3) is 2.44. The van der Waals surface area contributed by atoms with E-state index in [9.17, 15) is 0 Å². The average Bonchev–Trinajstić information content (AvgIpc) is 2.14. The highest BCUT2D eigenvalue weighted by atomic mass is 32.2. The average molecular weight is 216 g/mol. The highest BCUT2D eigenvalue weighted by molar-refractivity contribution is 7.99. The highest BCUT2D eigenvalue weighted by Crippen LogP contribution is 2.41. The molecule has 0 saturated carbocycles. The van der Waals surface area contributed by atoms with Crippen LogP contribution < -0.4 is 5.73 Å². The molecule has 1 heterocycles. The van der Waals surface area contributed by atoms with Crippen molar-refractivity contribution in [1.82, 2.24) is 4.90 Å². The zero-order valence-electron chi connectivity index (χ0n) is 9.97. The Bertz CT molecular complexity index is 194. The van der Waals surface area contributed by atoms with Gasteiger partial charge in [0, 0.05) is 17.8 Å². The summed E-state index contributed by atoms with van der Waals surface area (Å²) in [4.78, 5) is 2.43. The summed E-state index contributed by atoms with van der Waals surface area (Å²) in [6, 6.07) is 0. The van der Waals surface area contributed by atoms with E-state index < -0.39 is 0 Å². The Morgan fingerprint density at radius 1 is 1.36 bits per heavy atom. The second-order valence-corrected chi connectivity index (χ2v) is 6.26. The smallest absolute Gasteiger partial charge is 0.0424 e. The second-order valence-electron chi connectivity index (χ2n) is 5.28. The van der Waals surface area contributed by atoms with E-state index in [-0.39, 0.29) is 5.54 Å². The van der Waals surface area contributed by atoms with E-state index >= 15 is 0 Å². The first-order chi connectivity index (χ1) is 6.46. The van der Waals surface area contributed by atoms with Gasteiger partial charge in [-0.05, 0) is 31.2 Å². The molecule has 1 atom stereocenters. The fourth-order valence-electron chi connectivity index (χ4n) is 2.38. The number of hydrogen-bond donors (Lipinski definition) is 1. The van der Waals surface area contributed by atoms with Crippen LogP contribution in [0.15, 0.2) is 0 Å². The lowest BCUT2D eigenvalue weighted by atomic mass is 9.79. The van der Waals surface area contributed by atoms with Gasteiger partial charge in [-0.2, -0.15) is 11.8 Å². The van der Waals surface area contributed by atoms with Gasteiger partial charge in [0.1, 0.15) is 0 Å². The summed E-state index contributed by atoms with van der Waals surface area (Å²) in [6.07, 6.45) is 1.23. The third-order valence-corrected chi connectivity index (χ3v) is 5.06. The highest BCUT2D eigenvalue weighted by Gasteiger charge is 2.41. The van der Waals surface area contributed by atoms with Gasteiger partial charge >= 0.3 is 0 Å². The predicted octanol–water partition coefficient (Wildman–Crippen LogP) is 1.80. The molecular weight excluding hydrogens is 192 g/mol. The standard InChI is InChI=1S/C11H24N2S/c1-5-13(4)11(7-12)6-10(2,3)8-14-9-11/h5-9,12H2,1-4H3. The Morgan fingerprint density at radius 2 is 2.00 bits per heavy atom. The maximum Gasteiger partial charge on any atom is 0.0424 e. The van der Waals surface area contributed by atoms with E-state index in [0.717, 1.165) is 13.1 Å². The van der Waals surface area contributed by atoms with E-state index in [1.807, 2.05) is 0 Å². The molecule has 1 aliphatic rings. The maximum absolute atomic E-state index is 5.98. The molecule has 2 nitrogen and oxygen atoms in total. The molecule has 0 aromatic carbocycles. The minimum Gasteiger partial charge on any atom is -0.329 e. The van der Waals surface area contributed by atoms with Crippen LogP contribution in [0.5, 0.6) is 0 Å². The van der Waals surface area contributed by atoms with E-state index in [4.69, 9.17) is 5.73 Å². The lowest BCUT2D eigenvalue weighted by Gasteiger charge is -2.49. The number of hydrogen-bond acceptors (Lipinski definition) is 3. The molecule has 1 aliphatic heterocycles. The number of nitrogens with zero attached hydrogens (tertiary/aromatic N) is 1. The monoisotopic (exact) mass is 216 g/mol. The fraction of sp³-hybridized carbons (Fsp3) is 1.00. The molecular formula is C11H24N2S. The van der Waals surface area contributed by atoms with Crippen LogP contribution in [0.3, 0.4) is 0 Å². The van der Waals surface area contributed by atoms with Gasteiger partial charge in [-0.3, -0.25) is 4.90 Å². The Labute approximate surface area is 92.6 Å². The van der Waals surface area contributed by atoms with Gasteiger partial charge in [-0.25, -0.2) is 0 Å². The number of rotatable bonds is 3. The van der Waals surface area contributed by atoms with Crippen molar-refractivity contribution in [3.05, 3.63) is 0 Å². The molecule has 1 fully saturated rings. The van der Waals surface area contributed by atoms with Crippen LogP contribution in [0, 0.1) is 5.41 Å². The summed E-state index contributed by atoms with van der Waals surface area (Å²) in [5.41, 5.74) is 6.65. The van der Waals surface area contributed by atoms with Crippen molar-refractivity contribution in [2.75, 3.05) is 31.6 Å². The Morgan fingerprint density at radius 3 is 2.43 bits per heavy atom. The van der Waals surface area contributed by atoms with Crippen molar-refractivity contribution in [2.45, 2.75) is 32.7 Å². The maximum atomic E-state index is 5.98. The third-order valence-electron chi connectivity index (χ3n) is 3.34. The van der Waals surface area contributed by atoms with Crippen LogP contribution in [0.25, 0.3) is 0 Å². The zero-order valence-corrected chi connectivity index (χ0v) is 10.8. The summed E-state index contributed by atoms with van der Waals surface area (Å²) in [5.74, 6) is 2.46. The minimum absolute atomic E-state index is 0.237. The normalized spacial score (nSPS) is 32.1. The molecule has 0 radical (unpaired) electrons. The second kappa shape index (κ2) is 4.42. The molecule has 1 rings (SSSR count). The molecule has 0 spiro atoms. The molecule has 2 N–H and O–H groups in total. The van der Waals surface area contributed by atoms with Crippen molar-refractivity contribution in [2.24, 2.45) is 11.1 Å². The summed E-state index contributed by atoms with van der Waals surface area (Å²) in [6.45, 7) is 8.80. The molecule has 14 heavy (non-hydrogen) atoms. The summed E-state index contributed by atoms with van der Waals surface area (Å²) >= 11 is 2.06. The first-order valence-electron chi connectivity index (χ1n) is 5.45. The van der Waals surface area contributed by atoms with Gasteiger partial charge in [0.05, 0.1) is 0 Å². The van der Waals surface area contributed by atoms with Crippen molar-refractivity contribution < 1.29 is 0 Å². The SMILES string of the molecule is CCN(C)C1(CN)CSCC(C)(C)C1. The van der Waals surface area contributed by atoms with Crippen molar-refractivity contribution in [1.29, 1.82) is 0 Å². The quantitative estimate of drug-likeness (QED) is 0.780. The summed E-state index contributed by atoms with van der Waals surface area (Å²) in [7, 11) is 2.20. The van der Waals surface area contributed by atoms with Crippen LogP contribution >= 0.6 is 11.8 Å². The van der Waals surface area contributed by atoms with Crippen molar-refractivity contribution in [3.8, 4) is 0 Å². The summed E-state index contributed by atoms with van der Waals surface area (Å²) < 4.78 is 0. The van der Waals surface area contributed by atoms with E-state index in [1.54, 1.807) is 0 Å². The fourth-order valence-corrected chi connectivity index (χ4v) is 3.95. The molecule has 1 saturated heterocycles. The van der Waals surface area contributed by atoms with Gasteiger partial charge in [0.15, 0.2) is 0 Å². The Hall–Kier alpha value is 0.270. The largest absolute Gasteiger partial charge is 0.329 e. The van der Waals surface area contributed by atoms with Gasteiger partial charge in [0.25, 0.3) is 0 Å². The molecule has 84 valence electrons. The number of likely N-dealkylation sites (N-methyl/N-ethyl adjacent to an activating group) is 1. The molecule has 0 bridgehead atoms. The predicted molar refractivity (Wildman–Crippen MR) is 65.8 cm³/mol. The zero-order chi connectivity index (χ0) is 10.8. The summed E-state index contributed by atoms with van der Waals surface area (Å²) in [5, 5.41) is 0. The van der Waals surface area contributed by atoms with Gasteiger partial charge < -0.3 is 5.73 Å². The first-order valence-corrected chi connectivity index (χ1v) is 6.60. The molecule has 3 heteroatoms. The number of nitrogens with two attached hydrogens (primary N) is 1. The molecule has 1 unspecified atom stereocenters. The topological polar surface area (TPSA) is 29.3 Å². The van der Waals surface area contributed by atoms with Crippen LogP contribution in [-0.2, 0) is 0 Å². The Balaban J connectivity index is 2.78. The van der Waals surface area contributed by atoms with Crippen molar-refractivity contribution in [3.63, 3.8) is 0 Å². The lowest BCUT2D eigenvalue weighted by Crippen LogP contribution is -2.58. The molecule has 0 aliphatic carbocycles. The van der Waals surface area contributed by atoms with Crippen LogP contribution in [0.2, 0.25) is 0 Å². The molecule has 0 amide bonds. The van der Waals surface area contributed by atoms with Gasteiger partial charge in [-0.15, -0.1) is 0 Å². The van der Waals surface area contributed by atoms with Crippen LogP contribution in [0.4, 0.5) is 0 Å². The molecule has 0 aromatic rings. The lowest BCUT2D eigenvalue weighted by molar-refractivity contribution is 0.0988. The molecule has 0 aromatic heterocycles. The van der Waals surface area contributed by atoms with Crippen LogP contribution in [0.1, 0.15) is 27.2 Å². The van der Waals surface area contributed by atoms with E-state index in [1.165, 1.54) is 17.9 Å². The van der Waals surface area contributed by atoms with Crippen LogP contribution in [-0.4, -0.2) is 42.1 Å². The Kier molecular flexibility index (Phi) is 3.89. The van der Waals surface area contributed by atoms with Gasteiger partial charge in [-0.1, -0.05) is 20.8 Å². The van der Waals surface area contributed by atoms with E-state index in [0.29, 0.717) is 5.41 Å². The first kappa shape index (κ1) is 12.3. The minimum atomic E-state index is 0.237. The van der Waals surface area contributed by atoms with Gasteiger partial charge in [0.2, 0.25) is 0 Å². The van der Waals surface area contributed by atoms with Crippen molar-refractivity contribution >= 4 is 11.8 Å².